The zero-order valence-electron chi connectivity index (χ0n) is 16.5. The molecular formula is C19H19FN4O5S2. The molecule has 9 nitrogen and oxygen atoms in total. The molecule has 0 saturated carbocycles. The van der Waals surface area contributed by atoms with Gasteiger partial charge in [0.15, 0.2) is 9.84 Å². The van der Waals surface area contributed by atoms with Crippen LogP contribution in [0.15, 0.2) is 70.7 Å². The lowest BCUT2D eigenvalue weighted by molar-refractivity contribution is -0.119. The van der Waals surface area contributed by atoms with Gasteiger partial charge < -0.3 is 5.32 Å². The summed E-state index contributed by atoms with van der Waals surface area (Å²) in [7, 11) is -8.18. The normalized spacial score (nSPS) is 12.9. The Hall–Kier alpha value is -3.25. The molecule has 0 spiro atoms. The number of amides is 1. The van der Waals surface area contributed by atoms with Crippen molar-refractivity contribution in [2.45, 2.75) is 22.8 Å². The fraction of sp³-hybridized carbons (Fsp3) is 0.158. The van der Waals surface area contributed by atoms with E-state index >= 15 is 0 Å². The summed E-state index contributed by atoms with van der Waals surface area (Å²) in [5.74, 6) is -1.48. The van der Waals surface area contributed by atoms with Gasteiger partial charge in [-0.05, 0) is 49.4 Å². The van der Waals surface area contributed by atoms with Crippen LogP contribution in [0.1, 0.15) is 13.0 Å². The summed E-state index contributed by atoms with van der Waals surface area (Å²) in [6, 6.07) is 9.39. The van der Waals surface area contributed by atoms with Crippen LogP contribution in [0.3, 0.4) is 0 Å². The SMILES string of the molecule is C[C@H](C(=O)Nc1cccc(NS(=O)(=O)c2cc(S(C)(=O)=O)ccc2F)c1)n1cccn1. The quantitative estimate of drug-likeness (QED) is 0.515. The second-order valence-corrected chi connectivity index (χ2v) is 10.4. The van der Waals surface area contributed by atoms with E-state index in [2.05, 4.69) is 15.1 Å². The van der Waals surface area contributed by atoms with Gasteiger partial charge in [-0.2, -0.15) is 5.10 Å². The fourth-order valence-corrected chi connectivity index (χ4v) is 4.54. The average Bonchev–Trinajstić information content (AvgIpc) is 3.21. The summed E-state index contributed by atoms with van der Waals surface area (Å²) in [6.45, 7) is 1.65. The van der Waals surface area contributed by atoms with Crippen molar-refractivity contribution in [1.29, 1.82) is 0 Å². The number of hydrogen-bond donors (Lipinski definition) is 2. The number of hydrogen-bond acceptors (Lipinski definition) is 6. The van der Waals surface area contributed by atoms with Crippen LogP contribution < -0.4 is 10.0 Å². The van der Waals surface area contributed by atoms with Gasteiger partial charge in [0.2, 0.25) is 5.91 Å². The third-order valence-corrected chi connectivity index (χ3v) is 6.81. The van der Waals surface area contributed by atoms with Crippen LogP contribution in [-0.2, 0) is 24.7 Å². The number of carbonyl (C=O) groups is 1. The molecule has 3 aromatic rings. The summed E-state index contributed by atoms with van der Waals surface area (Å²) in [6.07, 6.45) is 4.06. The van der Waals surface area contributed by atoms with Crippen LogP contribution in [0.4, 0.5) is 15.8 Å². The summed E-state index contributed by atoms with van der Waals surface area (Å²) in [5.41, 5.74) is 0.350. The van der Waals surface area contributed by atoms with Crippen molar-refractivity contribution in [2.75, 3.05) is 16.3 Å². The second kappa shape index (κ2) is 8.47. The van der Waals surface area contributed by atoms with Gasteiger partial charge in [-0.3, -0.25) is 14.2 Å². The second-order valence-electron chi connectivity index (χ2n) is 6.70. The molecule has 0 aliphatic carbocycles. The Balaban J connectivity index is 1.83. The number of sulfonamides is 1. The lowest BCUT2D eigenvalue weighted by Gasteiger charge is -2.14. The minimum Gasteiger partial charge on any atom is -0.324 e. The Morgan fingerprint density at radius 3 is 2.42 bits per heavy atom. The first-order valence-corrected chi connectivity index (χ1v) is 12.3. The van der Waals surface area contributed by atoms with Crippen LogP contribution in [0, 0.1) is 5.82 Å². The van der Waals surface area contributed by atoms with E-state index in [9.17, 15) is 26.0 Å². The van der Waals surface area contributed by atoms with E-state index in [-0.39, 0.29) is 16.5 Å². The van der Waals surface area contributed by atoms with Crippen LogP contribution in [0.5, 0.6) is 0 Å². The maximum atomic E-state index is 14.2. The Labute approximate surface area is 178 Å². The highest BCUT2D eigenvalue weighted by molar-refractivity contribution is 7.93. The van der Waals surface area contributed by atoms with E-state index in [4.69, 9.17) is 0 Å². The minimum atomic E-state index is -4.44. The van der Waals surface area contributed by atoms with Gasteiger partial charge in [-0.15, -0.1) is 0 Å². The van der Waals surface area contributed by atoms with E-state index in [0.29, 0.717) is 5.69 Å². The largest absolute Gasteiger partial charge is 0.324 e. The number of carbonyl (C=O) groups excluding carboxylic acids is 1. The molecule has 1 heterocycles. The van der Waals surface area contributed by atoms with Crippen molar-refractivity contribution >= 4 is 37.1 Å². The molecule has 0 aliphatic heterocycles. The number of anilines is 2. The van der Waals surface area contributed by atoms with E-state index in [1.165, 1.54) is 29.1 Å². The molecule has 1 amide bonds. The van der Waals surface area contributed by atoms with Gasteiger partial charge in [-0.25, -0.2) is 21.2 Å². The van der Waals surface area contributed by atoms with Gasteiger partial charge in [0.05, 0.1) is 10.6 Å². The van der Waals surface area contributed by atoms with Crippen LogP contribution in [0.25, 0.3) is 0 Å². The molecule has 0 bridgehead atoms. The molecule has 0 radical (unpaired) electrons. The zero-order valence-corrected chi connectivity index (χ0v) is 18.1. The molecule has 2 N–H and O–H groups in total. The standard InChI is InChI=1S/C19H19FN4O5S2/c1-13(24-10-4-9-21-24)19(25)22-14-5-3-6-15(11-14)23-31(28,29)18-12-16(30(2,26)27)7-8-17(18)20/h3-13,23H,1-2H3,(H,22,25)/t13-/m1/s1. The molecule has 1 aromatic heterocycles. The molecule has 0 fully saturated rings. The first kappa shape index (κ1) is 22.4. The molecule has 31 heavy (non-hydrogen) atoms. The third kappa shape index (κ3) is 5.27. The highest BCUT2D eigenvalue weighted by Crippen LogP contribution is 2.24. The highest BCUT2D eigenvalue weighted by Gasteiger charge is 2.22. The number of sulfone groups is 1. The topological polar surface area (TPSA) is 127 Å². The Morgan fingerprint density at radius 1 is 1.06 bits per heavy atom. The van der Waals surface area contributed by atoms with Crippen molar-refractivity contribution in [2.24, 2.45) is 0 Å². The van der Waals surface area contributed by atoms with Crippen LogP contribution in [-0.4, -0.2) is 38.8 Å². The van der Waals surface area contributed by atoms with Crippen molar-refractivity contribution in [3.05, 3.63) is 66.7 Å². The summed E-state index contributed by atoms with van der Waals surface area (Å²) < 4.78 is 66.5. The Kier molecular flexibility index (Phi) is 6.13. The Bertz CT molecular complexity index is 1320. The maximum Gasteiger partial charge on any atom is 0.264 e. The van der Waals surface area contributed by atoms with Crippen molar-refractivity contribution in [3.63, 3.8) is 0 Å². The third-order valence-electron chi connectivity index (χ3n) is 4.30. The molecule has 0 saturated heterocycles. The predicted octanol–water partition coefficient (Wildman–Crippen LogP) is 2.43. The lowest BCUT2D eigenvalue weighted by Crippen LogP contribution is -2.24. The molecule has 2 aromatic carbocycles. The fourth-order valence-electron chi connectivity index (χ4n) is 2.67. The maximum absolute atomic E-state index is 14.2. The lowest BCUT2D eigenvalue weighted by atomic mass is 10.2. The molecule has 12 heteroatoms. The van der Waals surface area contributed by atoms with Crippen molar-refractivity contribution in [3.8, 4) is 0 Å². The first-order valence-electron chi connectivity index (χ1n) is 8.90. The first-order chi connectivity index (χ1) is 14.5. The summed E-state index contributed by atoms with van der Waals surface area (Å²) in [5, 5.41) is 6.65. The van der Waals surface area contributed by atoms with Gasteiger partial charge in [0.25, 0.3) is 10.0 Å². The van der Waals surface area contributed by atoms with E-state index in [1.54, 1.807) is 25.3 Å². The molecule has 0 aliphatic rings. The van der Waals surface area contributed by atoms with E-state index in [0.717, 1.165) is 24.5 Å². The molecule has 1 atom stereocenters. The van der Waals surface area contributed by atoms with Gasteiger partial charge in [0.1, 0.15) is 16.8 Å². The monoisotopic (exact) mass is 466 g/mol. The van der Waals surface area contributed by atoms with Crippen molar-refractivity contribution in [1.82, 2.24) is 9.78 Å². The zero-order chi connectivity index (χ0) is 22.8. The number of nitrogens with one attached hydrogen (secondary N) is 2. The number of halogens is 1. The number of nitrogens with zero attached hydrogens (tertiary/aromatic N) is 2. The molecule has 164 valence electrons. The molecule has 3 rings (SSSR count). The Morgan fingerprint density at radius 2 is 1.77 bits per heavy atom. The van der Waals surface area contributed by atoms with Crippen LogP contribution >= 0.6 is 0 Å². The van der Waals surface area contributed by atoms with Gasteiger partial charge >= 0.3 is 0 Å². The number of aromatic nitrogens is 2. The van der Waals surface area contributed by atoms with E-state index in [1.807, 2.05) is 0 Å². The number of benzene rings is 2. The highest BCUT2D eigenvalue weighted by atomic mass is 32.2. The van der Waals surface area contributed by atoms with Gasteiger partial charge in [-0.1, -0.05) is 6.07 Å². The minimum absolute atomic E-state index is 0.0497. The average molecular weight is 467 g/mol. The van der Waals surface area contributed by atoms with Crippen molar-refractivity contribution < 1.29 is 26.0 Å². The summed E-state index contributed by atoms with van der Waals surface area (Å²) in [4.78, 5) is 11.2. The van der Waals surface area contributed by atoms with Gasteiger partial charge in [0, 0.05) is 24.3 Å². The smallest absolute Gasteiger partial charge is 0.264 e. The summed E-state index contributed by atoms with van der Waals surface area (Å²) >= 11 is 0. The van der Waals surface area contributed by atoms with Crippen LogP contribution in [0.2, 0.25) is 0 Å². The number of rotatable bonds is 7. The molecule has 0 unspecified atom stereocenters. The van der Waals surface area contributed by atoms with E-state index < -0.39 is 36.6 Å². The molecular weight excluding hydrogens is 447 g/mol. The predicted molar refractivity (Wildman–Crippen MR) is 112 cm³/mol.